The van der Waals surface area contributed by atoms with Crippen molar-refractivity contribution in [2.45, 2.75) is 18.2 Å². The second-order valence-electron chi connectivity index (χ2n) is 6.53. The molecule has 0 amide bonds. The number of carbonyl (C=O) groups excluding carboxylic acids is 2. The number of rotatable bonds is 4. The van der Waals surface area contributed by atoms with E-state index >= 15 is 0 Å². The summed E-state index contributed by atoms with van der Waals surface area (Å²) in [4.78, 5) is 25.0. The monoisotopic (exact) mass is 369 g/mol. The molecule has 3 rings (SSSR count). The third kappa shape index (κ3) is 3.72. The fourth-order valence-electron chi connectivity index (χ4n) is 3.77. The van der Waals surface area contributed by atoms with Gasteiger partial charge in [-0.1, -0.05) is 60.7 Å². The zero-order valence-electron chi connectivity index (χ0n) is 15.2. The Hall–Kier alpha value is -2.70. The minimum atomic E-state index is -1.26. The predicted molar refractivity (Wildman–Crippen MR) is 98.5 cm³/mol. The van der Waals surface area contributed by atoms with Crippen molar-refractivity contribution in [2.24, 2.45) is 11.8 Å². The molecule has 5 atom stereocenters. The lowest BCUT2D eigenvalue weighted by Crippen LogP contribution is -2.56. The number of aliphatic hydroxyl groups excluding tert-OH is 1. The first kappa shape index (κ1) is 19.1. The summed E-state index contributed by atoms with van der Waals surface area (Å²) in [6.07, 6.45) is -1.26. The Kier molecular flexibility index (Phi) is 5.88. The molecule has 0 spiro atoms. The average molecular weight is 369 g/mol. The molecular formula is C21H23NO5. The minimum Gasteiger partial charge on any atom is -0.469 e. The van der Waals surface area contributed by atoms with E-state index in [1.807, 2.05) is 60.7 Å². The summed E-state index contributed by atoms with van der Waals surface area (Å²) in [5.74, 6) is -3.04. The molecule has 6 nitrogen and oxygen atoms in total. The van der Waals surface area contributed by atoms with Crippen LogP contribution >= 0.6 is 0 Å². The molecule has 1 saturated heterocycles. The molecule has 0 aliphatic carbocycles. The molecule has 27 heavy (non-hydrogen) atoms. The van der Waals surface area contributed by atoms with E-state index < -0.39 is 42.0 Å². The highest BCUT2D eigenvalue weighted by molar-refractivity contribution is 5.79. The Balaban J connectivity index is 2.08. The van der Waals surface area contributed by atoms with Gasteiger partial charge in [0.25, 0.3) is 0 Å². The lowest BCUT2D eigenvalue weighted by Gasteiger charge is -2.44. The summed E-state index contributed by atoms with van der Waals surface area (Å²) >= 11 is 0. The van der Waals surface area contributed by atoms with Gasteiger partial charge in [-0.05, 0) is 11.1 Å². The van der Waals surface area contributed by atoms with Crippen LogP contribution in [0.2, 0.25) is 0 Å². The van der Waals surface area contributed by atoms with E-state index in [1.54, 1.807) is 0 Å². The molecule has 0 radical (unpaired) electrons. The first-order chi connectivity index (χ1) is 13.1. The number of hydrogen-bond donors (Lipinski definition) is 2. The fraction of sp³-hybridized carbons (Fsp3) is 0.333. The van der Waals surface area contributed by atoms with E-state index in [0.717, 1.165) is 11.1 Å². The van der Waals surface area contributed by atoms with Crippen LogP contribution in [0.3, 0.4) is 0 Å². The molecule has 1 fully saturated rings. The van der Waals surface area contributed by atoms with Crippen molar-refractivity contribution < 1.29 is 24.2 Å². The van der Waals surface area contributed by atoms with Crippen LogP contribution in [0.1, 0.15) is 23.2 Å². The molecule has 1 aliphatic rings. The maximum absolute atomic E-state index is 12.5. The quantitative estimate of drug-likeness (QED) is 0.802. The van der Waals surface area contributed by atoms with Crippen LogP contribution in [0.4, 0.5) is 0 Å². The Morgan fingerprint density at radius 2 is 1.15 bits per heavy atom. The molecule has 2 N–H and O–H groups in total. The topological polar surface area (TPSA) is 84.9 Å². The summed E-state index contributed by atoms with van der Waals surface area (Å²) in [5.41, 5.74) is 1.66. The SMILES string of the molecule is COC(=O)C1C(O)C(C(=O)OC)[C@H](c2ccccc2)N[C@@H]1c1ccccc1. The summed E-state index contributed by atoms with van der Waals surface area (Å²) in [7, 11) is 2.54. The van der Waals surface area contributed by atoms with Crippen LogP contribution < -0.4 is 5.32 Å². The van der Waals surface area contributed by atoms with E-state index in [0.29, 0.717) is 0 Å². The summed E-state index contributed by atoms with van der Waals surface area (Å²) in [5, 5.41) is 14.4. The largest absolute Gasteiger partial charge is 0.469 e. The number of ether oxygens (including phenoxy) is 2. The number of benzene rings is 2. The number of hydrogen-bond acceptors (Lipinski definition) is 6. The van der Waals surface area contributed by atoms with Crippen molar-refractivity contribution in [3.63, 3.8) is 0 Å². The molecular weight excluding hydrogens is 346 g/mol. The van der Waals surface area contributed by atoms with Crippen LogP contribution in [0.5, 0.6) is 0 Å². The molecule has 1 aliphatic heterocycles. The zero-order chi connectivity index (χ0) is 19.4. The first-order valence-corrected chi connectivity index (χ1v) is 8.78. The highest BCUT2D eigenvalue weighted by atomic mass is 16.5. The third-order valence-electron chi connectivity index (χ3n) is 5.08. The molecule has 2 aromatic rings. The second kappa shape index (κ2) is 8.33. The van der Waals surface area contributed by atoms with Gasteiger partial charge in [0, 0.05) is 12.1 Å². The van der Waals surface area contributed by atoms with Crippen LogP contribution in [0.25, 0.3) is 0 Å². The lowest BCUT2D eigenvalue weighted by atomic mass is 9.73. The second-order valence-corrected chi connectivity index (χ2v) is 6.53. The summed E-state index contributed by atoms with van der Waals surface area (Å²) in [6.45, 7) is 0. The Morgan fingerprint density at radius 3 is 1.48 bits per heavy atom. The molecule has 0 bridgehead atoms. The highest BCUT2D eigenvalue weighted by Gasteiger charge is 2.51. The third-order valence-corrected chi connectivity index (χ3v) is 5.08. The van der Waals surface area contributed by atoms with Gasteiger partial charge in [-0.15, -0.1) is 0 Å². The van der Waals surface area contributed by atoms with E-state index in [-0.39, 0.29) is 0 Å². The van der Waals surface area contributed by atoms with Gasteiger partial charge in [0.1, 0.15) is 11.8 Å². The molecule has 1 heterocycles. The normalized spacial score (nSPS) is 27.6. The number of nitrogens with one attached hydrogen (secondary N) is 1. The number of carbonyl (C=O) groups is 2. The van der Waals surface area contributed by atoms with Crippen molar-refractivity contribution in [1.82, 2.24) is 5.32 Å². The Labute approximate surface area is 158 Å². The standard InChI is InChI=1S/C21H23NO5/c1-26-20(24)15-17(13-9-5-3-6-10-13)22-18(14-11-7-4-8-12-14)16(19(15)23)21(25)27-2/h3-12,15-19,22-23H,1-2H3/t15?,16?,17-,18+,19?. The van der Waals surface area contributed by atoms with Gasteiger partial charge in [0.15, 0.2) is 0 Å². The number of aliphatic hydroxyl groups is 1. The van der Waals surface area contributed by atoms with E-state index in [2.05, 4.69) is 5.32 Å². The molecule has 6 heteroatoms. The van der Waals surface area contributed by atoms with Crippen LogP contribution in [-0.4, -0.2) is 37.4 Å². The number of methoxy groups -OCH3 is 2. The smallest absolute Gasteiger partial charge is 0.313 e. The van der Waals surface area contributed by atoms with Gasteiger partial charge in [0.2, 0.25) is 0 Å². The molecule has 0 aromatic heterocycles. The number of esters is 2. The van der Waals surface area contributed by atoms with Gasteiger partial charge >= 0.3 is 11.9 Å². The molecule has 142 valence electrons. The van der Waals surface area contributed by atoms with Gasteiger partial charge in [0.05, 0.1) is 20.3 Å². The highest BCUT2D eigenvalue weighted by Crippen LogP contribution is 2.42. The van der Waals surface area contributed by atoms with Crippen molar-refractivity contribution >= 4 is 11.9 Å². The zero-order valence-corrected chi connectivity index (χ0v) is 15.2. The first-order valence-electron chi connectivity index (χ1n) is 8.78. The maximum Gasteiger partial charge on any atom is 0.313 e. The van der Waals surface area contributed by atoms with Crippen LogP contribution in [0.15, 0.2) is 60.7 Å². The van der Waals surface area contributed by atoms with Crippen molar-refractivity contribution in [2.75, 3.05) is 14.2 Å². The van der Waals surface area contributed by atoms with E-state index in [4.69, 9.17) is 9.47 Å². The van der Waals surface area contributed by atoms with E-state index in [1.165, 1.54) is 14.2 Å². The molecule has 0 saturated carbocycles. The van der Waals surface area contributed by atoms with Crippen LogP contribution in [0, 0.1) is 11.8 Å². The van der Waals surface area contributed by atoms with Gasteiger partial charge in [-0.2, -0.15) is 0 Å². The lowest BCUT2D eigenvalue weighted by molar-refractivity contribution is -0.166. The predicted octanol–water partition coefficient (Wildman–Crippen LogP) is 2.01. The van der Waals surface area contributed by atoms with Crippen molar-refractivity contribution in [3.8, 4) is 0 Å². The van der Waals surface area contributed by atoms with Crippen LogP contribution in [-0.2, 0) is 19.1 Å². The fourth-order valence-corrected chi connectivity index (χ4v) is 3.77. The van der Waals surface area contributed by atoms with Crippen molar-refractivity contribution in [1.29, 1.82) is 0 Å². The molecule has 2 aromatic carbocycles. The Bertz CT molecular complexity index is 714. The van der Waals surface area contributed by atoms with Gasteiger partial charge < -0.3 is 19.9 Å². The van der Waals surface area contributed by atoms with E-state index in [9.17, 15) is 14.7 Å². The summed E-state index contributed by atoms with van der Waals surface area (Å²) < 4.78 is 9.85. The van der Waals surface area contributed by atoms with Gasteiger partial charge in [-0.3, -0.25) is 9.59 Å². The molecule has 3 unspecified atom stereocenters. The van der Waals surface area contributed by atoms with Gasteiger partial charge in [-0.25, -0.2) is 0 Å². The summed E-state index contributed by atoms with van der Waals surface area (Å²) in [6, 6.07) is 17.7. The average Bonchev–Trinajstić information content (AvgIpc) is 2.73. The Morgan fingerprint density at radius 1 is 0.778 bits per heavy atom. The minimum absolute atomic E-state index is 0.514. The maximum atomic E-state index is 12.5. The number of piperidine rings is 1. The van der Waals surface area contributed by atoms with Crippen molar-refractivity contribution in [3.05, 3.63) is 71.8 Å².